The highest BCUT2D eigenvalue weighted by atomic mass is 32.1. The van der Waals surface area contributed by atoms with Crippen LogP contribution in [-0.2, 0) is 0 Å². The van der Waals surface area contributed by atoms with Gasteiger partial charge in [0.15, 0.2) is 0 Å². The zero-order chi connectivity index (χ0) is 18.1. The van der Waals surface area contributed by atoms with Crippen LogP contribution in [0.1, 0.15) is 34.2 Å². The van der Waals surface area contributed by atoms with Crippen molar-refractivity contribution >= 4 is 17.2 Å². The minimum Gasteiger partial charge on any atom is -0.393 e. The van der Waals surface area contributed by atoms with Crippen LogP contribution in [0.2, 0.25) is 0 Å². The summed E-state index contributed by atoms with van der Waals surface area (Å²) in [5.41, 5.74) is 0.613. The molecule has 0 unspecified atom stereocenters. The highest BCUT2D eigenvalue weighted by molar-refractivity contribution is 7.10. The monoisotopic (exact) mass is 369 g/mol. The molecule has 1 saturated carbocycles. The summed E-state index contributed by atoms with van der Waals surface area (Å²) in [5, 5.41) is 17.5. The van der Waals surface area contributed by atoms with Crippen LogP contribution >= 0.6 is 11.3 Å². The van der Waals surface area contributed by atoms with Crippen LogP contribution < -0.4 is 10.9 Å². The maximum absolute atomic E-state index is 12.7. The number of para-hydroxylation sites is 1. The van der Waals surface area contributed by atoms with E-state index in [0.717, 1.165) is 4.88 Å². The highest BCUT2D eigenvalue weighted by Gasteiger charge is 2.36. The molecule has 26 heavy (non-hydrogen) atoms. The summed E-state index contributed by atoms with van der Waals surface area (Å²) in [4.78, 5) is 26.0. The predicted molar refractivity (Wildman–Crippen MR) is 99.6 cm³/mol. The van der Waals surface area contributed by atoms with Crippen molar-refractivity contribution in [2.24, 2.45) is 5.92 Å². The molecule has 3 N–H and O–H groups in total. The minimum atomic E-state index is -0.323. The Kier molecular flexibility index (Phi) is 4.48. The number of aliphatic hydroxyl groups excluding tert-OH is 1. The van der Waals surface area contributed by atoms with Gasteiger partial charge in [-0.25, -0.2) is 4.68 Å². The third-order valence-electron chi connectivity index (χ3n) is 4.74. The van der Waals surface area contributed by atoms with E-state index in [1.54, 1.807) is 23.5 Å². The van der Waals surface area contributed by atoms with E-state index in [4.69, 9.17) is 0 Å². The lowest BCUT2D eigenvalue weighted by Crippen LogP contribution is -2.41. The summed E-state index contributed by atoms with van der Waals surface area (Å²) >= 11 is 1.58. The van der Waals surface area contributed by atoms with Crippen LogP contribution in [0.15, 0.2) is 58.7 Å². The lowest BCUT2D eigenvalue weighted by atomic mass is 9.76. The van der Waals surface area contributed by atoms with Crippen molar-refractivity contribution in [1.29, 1.82) is 0 Å². The number of nitrogens with zero attached hydrogens (tertiary/aromatic N) is 1. The van der Waals surface area contributed by atoms with Crippen molar-refractivity contribution in [3.05, 3.63) is 74.8 Å². The molecular formula is C19H19N3O3S. The second-order valence-electron chi connectivity index (χ2n) is 6.53. The molecule has 1 atom stereocenters. The number of H-pyrrole nitrogens is 1. The van der Waals surface area contributed by atoms with Crippen LogP contribution in [0.5, 0.6) is 0 Å². The average Bonchev–Trinajstić information content (AvgIpc) is 3.27. The smallest absolute Gasteiger partial charge is 0.271 e. The molecule has 4 rings (SSSR count). The molecule has 3 aromatic rings. The second-order valence-corrected chi connectivity index (χ2v) is 7.51. The zero-order valence-electron chi connectivity index (χ0n) is 14.0. The topological polar surface area (TPSA) is 87.1 Å². The van der Waals surface area contributed by atoms with Crippen LogP contribution in [0.25, 0.3) is 5.69 Å². The Hall–Kier alpha value is -2.64. The normalized spacial score (nSPS) is 20.3. The SMILES string of the molecule is O=C(N[C@H](c1cccs1)C1CC(O)C1)c1cc(=O)n(-c2ccccc2)[nH]1. The number of aromatic nitrogens is 2. The van der Waals surface area contributed by atoms with Crippen molar-refractivity contribution in [1.82, 2.24) is 15.1 Å². The van der Waals surface area contributed by atoms with Gasteiger partial charge in [-0.15, -0.1) is 11.3 Å². The first-order chi connectivity index (χ1) is 12.6. The van der Waals surface area contributed by atoms with Crippen LogP contribution in [0.3, 0.4) is 0 Å². The van der Waals surface area contributed by atoms with Crippen molar-refractivity contribution in [2.75, 3.05) is 0 Å². The molecule has 6 nitrogen and oxygen atoms in total. The van der Waals surface area contributed by atoms with Gasteiger partial charge in [-0.1, -0.05) is 24.3 Å². The highest BCUT2D eigenvalue weighted by Crippen LogP contribution is 2.39. The molecule has 1 amide bonds. The number of hydrogen-bond donors (Lipinski definition) is 3. The molecule has 2 heterocycles. The largest absolute Gasteiger partial charge is 0.393 e. The summed E-state index contributed by atoms with van der Waals surface area (Å²) < 4.78 is 1.35. The molecule has 0 radical (unpaired) electrons. The molecule has 0 aliphatic heterocycles. The first-order valence-corrected chi connectivity index (χ1v) is 9.39. The molecule has 0 spiro atoms. The van der Waals surface area contributed by atoms with Gasteiger partial charge in [-0.3, -0.25) is 14.7 Å². The third kappa shape index (κ3) is 3.23. The first kappa shape index (κ1) is 16.8. The van der Waals surface area contributed by atoms with Crippen molar-refractivity contribution in [3.63, 3.8) is 0 Å². The van der Waals surface area contributed by atoms with Crippen molar-refractivity contribution in [3.8, 4) is 5.69 Å². The predicted octanol–water partition coefficient (Wildman–Crippen LogP) is 2.47. The van der Waals surface area contributed by atoms with E-state index in [1.807, 2.05) is 35.7 Å². The maximum Gasteiger partial charge on any atom is 0.271 e. The number of rotatable bonds is 5. The molecule has 1 aliphatic carbocycles. The number of aromatic amines is 1. The summed E-state index contributed by atoms with van der Waals surface area (Å²) in [5.74, 6) is -0.118. The van der Waals surface area contributed by atoms with E-state index in [-0.39, 0.29) is 35.2 Å². The number of carbonyl (C=O) groups excluding carboxylic acids is 1. The Morgan fingerprint density at radius 1 is 1.23 bits per heavy atom. The summed E-state index contributed by atoms with van der Waals surface area (Å²) in [6, 6.07) is 14.2. The van der Waals surface area contributed by atoms with Gasteiger partial charge in [-0.05, 0) is 42.3 Å². The molecule has 1 aliphatic rings. The number of amides is 1. The van der Waals surface area contributed by atoms with Gasteiger partial charge in [0.25, 0.3) is 11.5 Å². The Bertz CT molecular complexity index is 940. The maximum atomic E-state index is 12.7. The van der Waals surface area contributed by atoms with Gasteiger partial charge in [0.05, 0.1) is 17.8 Å². The van der Waals surface area contributed by atoms with E-state index < -0.39 is 0 Å². The van der Waals surface area contributed by atoms with E-state index in [2.05, 4.69) is 10.4 Å². The van der Waals surface area contributed by atoms with E-state index in [0.29, 0.717) is 18.5 Å². The number of nitrogens with one attached hydrogen (secondary N) is 2. The Balaban J connectivity index is 1.56. The van der Waals surface area contributed by atoms with Gasteiger partial charge in [0.2, 0.25) is 0 Å². The van der Waals surface area contributed by atoms with Gasteiger partial charge in [0, 0.05) is 10.9 Å². The lowest BCUT2D eigenvalue weighted by Gasteiger charge is -2.37. The van der Waals surface area contributed by atoms with Gasteiger partial charge < -0.3 is 10.4 Å². The van der Waals surface area contributed by atoms with Gasteiger partial charge >= 0.3 is 0 Å². The molecule has 0 saturated heterocycles. The van der Waals surface area contributed by atoms with Crippen LogP contribution in [0, 0.1) is 5.92 Å². The standard InChI is InChI=1S/C19H19N3O3S/c23-14-9-12(10-14)18(16-7-4-8-26-16)20-19(25)15-11-17(24)22(21-15)13-5-2-1-3-6-13/h1-8,11-12,14,18,21,23H,9-10H2,(H,20,25)/t12?,14?,18-/m0/s1. The quantitative estimate of drug-likeness (QED) is 0.646. The Morgan fingerprint density at radius 2 is 2.00 bits per heavy atom. The molecule has 134 valence electrons. The number of aliphatic hydroxyl groups is 1. The third-order valence-corrected chi connectivity index (χ3v) is 5.69. The van der Waals surface area contributed by atoms with Crippen molar-refractivity contribution in [2.45, 2.75) is 25.0 Å². The summed E-state index contributed by atoms with van der Waals surface area (Å²) in [7, 11) is 0. The molecule has 2 aromatic heterocycles. The molecule has 0 bridgehead atoms. The van der Waals surface area contributed by atoms with Gasteiger partial charge in [-0.2, -0.15) is 0 Å². The number of carbonyl (C=O) groups is 1. The Morgan fingerprint density at radius 3 is 2.65 bits per heavy atom. The Labute approximate surface area is 154 Å². The fourth-order valence-corrected chi connectivity index (χ4v) is 4.16. The van der Waals surface area contributed by atoms with Crippen LogP contribution in [0.4, 0.5) is 0 Å². The van der Waals surface area contributed by atoms with E-state index >= 15 is 0 Å². The molecular weight excluding hydrogens is 350 g/mol. The molecule has 7 heteroatoms. The first-order valence-electron chi connectivity index (χ1n) is 8.51. The summed E-state index contributed by atoms with van der Waals surface area (Å²) in [6.07, 6.45) is 1.05. The van der Waals surface area contributed by atoms with E-state index in [9.17, 15) is 14.7 Å². The number of thiophene rings is 1. The lowest BCUT2D eigenvalue weighted by molar-refractivity contribution is 0.0240. The van der Waals surface area contributed by atoms with Crippen molar-refractivity contribution < 1.29 is 9.90 Å². The number of benzene rings is 1. The van der Waals surface area contributed by atoms with E-state index in [1.165, 1.54) is 10.7 Å². The van der Waals surface area contributed by atoms with Crippen LogP contribution in [-0.4, -0.2) is 26.9 Å². The fraction of sp³-hybridized carbons (Fsp3) is 0.263. The molecule has 1 fully saturated rings. The zero-order valence-corrected chi connectivity index (χ0v) is 14.8. The van der Waals surface area contributed by atoms with Gasteiger partial charge in [0.1, 0.15) is 5.69 Å². The second kappa shape index (κ2) is 6.93. The fourth-order valence-electron chi connectivity index (χ4n) is 3.29. The number of hydrogen-bond acceptors (Lipinski definition) is 4. The minimum absolute atomic E-state index is 0.158. The average molecular weight is 369 g/mol. The summed E-state index contributed by atoms with van der Waals surface area (Å²) in [6.45, 7) is 0. The molecule has 1 aromatic carbocycles.